The molecule has 1 heterocycles. The predicted molar refractivity (Wildman–Crippen MR) is 50.5 cm³/mol. The zero-order valence-electron chi connectivity index (χ0n) is 7.11. The normalized spacial score (nSPS) is 36.8. The molecule has 0 spiro atoms. The molecule has 1 aliphatic rings. The average molecular weight is 185 g/mol. The first-order valence-electron chi connectivity index (χ1n) is 3.58. The van der Waals surface area contributed by atoms with E-state index in [-0.39, 0.29) is 6.04 Å². The molecule has 12 heavy (non-hydrogen) atoms. The van der Waals surface area contributed by atoms with Crippen molar-refractivity contribution in [3.8, 4) is 24.7 Å². The molecule has 2 atom stereocenters. The van der Waals surface area contributed by atoms with E-state index < -0.39 is 14.0 Å². The topological polar surface area (TPSA) is 32.7 Å². The van der Waals surface area contributed by atoms with E-state index in [9.17, 15) is 4.89 Å². The van der Waals surface area contributed by atoms with Gasteiger partial charge in [0.2, 0.25) is 0 Å². The van der Waals surface area contributed by atoms with Crippen molar-refractivity contribution in [2.24, 2.45) is 0 Å². The summed E-state index contributed by atoms with van der Waals surface area (Å²) in [6.45, 7) is 1.65. The van der Waals surface area contributed by atoms with Crippen molar-refractivity contribution in [1.29, 1.82) is 0 Å². The molecule has 0 bridgehead atoms. The van der Waals surface area contributed by atoms with Crippen molar-refractivity contribution in [3.05, 3.63) is 0 Å². The van der Waals surface area contributed by atoms with Crippen molar-refractivity contribution < 1.29 is 9.42 Å². The first-order chi connectivity index (χ1) is 5.53. The minimum atomic E-state index is -2.76. The van der Waals surface area contributed by atoms with E-state index in [1.807, 2.05) is 0 Å². The Kier molecular flexibility index (Phi) is 2.42. The molecule has 0 amide bonds. The van der Waals surface area contributed by atoms with Crippen LogP contribution in [0.3, 0.4) is 0 Å². The second-order valence-electron chi connectivity index (χ2n) is 2.86. The van der Waals surface area contributed by atoms with Crippen LogP contribution in [0.25, 0.3) is 0 Å². The van der Waals surface area contributed by atoms with Crippen LogP contribution in [0.15, 0.2) is 0 Å². The van der Waals surface area contributed by atoms with Gasteiger partial charge < -0.3 is 0 Å². The Bertz CT molecular complexity index is 263. The Morgan fingerprint density at radius 2 is 2.08 bits per heavy atom. The zero-order valence-corrected chi connectivity index (χ0v) is 8.11. The molecule has 66 valence electrons. The third kappa shape index (κ3) is 1.33. The summed E-state index contributed by atoms with van der Waals surface area (Å²) in [7, 11) is -1.03. The maximum atomic E-state index is 9.72. The third-order valence-electron chi connectivity index (χ3n) is 2.04. The fourth-order valence-electron chi connectivity index (χ4n) is 1.17. The number of terminal acetylenes is 2. The molecule has 1 rings (SSSR count). The van der Waals surface area contributed by atoms with Gasteiger partial charge in [0.15, 0.2) is 0 Å². The van der Waals surface area contributed by atoms with E-state index in [1.165, 1.54) is 0 Å². The summed E-state index contributed by atoms with van der Waals surface area (Å²) >= 11 is 0. The molecule has 0 aromatic heterocycles. The molecule has 1 aliphatic heterocycles. The Morgan fingerprint density at radius 3 is 2.42 bits per heavy atom. The molecule has 1 saturated heterocycles. The van der Waals surface area contributed by atoms with Crippen LogP contribution < -0.4 is 0 Å². The fourth-order valence-corrected chi connectivity index (χ4v) is 2.74. The molecular weight excluding hydrogens is 173 g/mol. The van der Waals surface area contributed by atoms with Crippen molar-refractivity contribution in [3.63, 3.8) is 0 Å². The van der Waals surface area contributed by atoms with Gasteiger partial charge in [0.1, 0.15) is 0 Å². The van der Waals surface area contributed by atoms with E-state index in [2.05, 4.69) is 11.8 Å². The molecule has 3 nitrogen and oxygen atoms in total. The third-order valence-corrected chi connectivity index (χ3v) is 4.33. The summed E-state index contributed by atoms with van der Waals surface area (Å²) in [6, 6.07) is -0.295. The first-order valence-corrected chi connectivity index (χ1v) is 5.88. The van der Waals surface area contributed by atoms with Gasteiger partial charge in [0.25, 0.3) is 0 Å². The van der Waals surface area contributed by atoms with Gasteiger partial charge in [-0.3, -0.25) is 0 Å². The SMILES string of the molecule is C#CC1O[PH](C)(O)N(C)C1C#C. The second-order valence-corrected chi connectivity index (χ2v) is 5.67. The number of likely N-dealkylation sites (N-methyl/N-ethyl adjacent to an activating group) is 1. The van der Waals surface area contributed by atoms with E-state index in [1.54, 1.807) is 18.4 Å². The molecule has 0 saturated carbocycles. The average Bonchev–Trinajstić information content (AvgIpc) is 2.24. The summed E-state index contributed by atoms with van der Waals surface area (Å²) in [4.78, 5) is 9.72. The maximum absolute atomic E-state index is 9.72. The Labute approximate surface area is 73.3 Å². The van der Waals surface area contributed by atoms with Crippen molar-refractivity contribution in [2.45, 2.75) is 12.1 Å². The summed E-state index contributed by atoms with van der Waals surface area (Å²) in [5, 5.41) is 0. The molecule has 2 unspecified atom stereocenters. The van der Waals surface area contributed by atoms with Crippen LogP contribution >= 0.6 is 7.87 Å². The molecule has 0 aromatic rings. The van der Waals surface area contributed by atoms with Crippen LogP contribution in [-0.2, 0) is 4.52 Å². The van der Waals surface area contributed by atoms with E-state index in [4.69, 9.17) is 17.4 Å². The molecule has 1 N–H and O–H groups in total. The number of nitrogens with zero attached hydrogens (tertiary/aromatic N) is 1. The van der Waals surface area contributed by atoms with Gasteiger partial charge in [-0.15, -0.1) is 0 Å². The first kappa shape index (κ1) is 9.52. The molecule has 0 radical (unpaired) electrons. The van der Waals surface area contributed by atoms with E-state index in [0.29, 0.717) is 0 Å². The van der Waals surface area contributed by atoms with Crippen molar-refractivity contribution in [1.82, 2.24) is 4.67 Å². The zero-order chi connectivity index (χ0) is 9.35. The standard InChI is InChI=1S/C8H12NO2P/c1-5-7-8(6-2)11-12(4,10)9(7)3/h1-2,7-8,10,12H,3-4H3. The second kappa shape index (κ2) is 3.05. The van der Waals surface area contributed by atoms with Crippen LogP contribution in [0.2, 0.25) is 0 Å². The van der Waals surface area contributed by atoms with Crippen molar-refractivity contribution in [2.75, 3.05) is 13.7 Å². The van der Waals surface area contributed by atoms with Crippen LogP contribution in [0.1, 0.15) is 0 Å². The fraction of sp³-hybridized carbons (Fsp3) is 0.500. The summed E-state index contributed by atoms with van der Waals surface area (Å²) in [5.41, 5.74) is 0. The minimum absolute atomic E-state index is 0.295. The van der Waals surface area contributed by atoms with Crippen molar-refractivity contribution >= 4 is 7.87 Å². The predicted octanol–water partition coefficient (Wildman–Crippen LogP) is 0.0690. The van der Waals surface area contributed by atoms with E-state index >= 15 is 0 Å². The monoisotopic (exact) mass is 185 g/mol. The summed E-state index contributed by atoms with van der Waals surface area (Å²) in [6.07, 6.45) is 9.98. The summed E-state index contributed by atoms with van der Waals surface area (Å²) in [5.74, 6) is 4.92. The molecule has 0 aliphatic carbocycles. The van der Waals surface area contributed by atoms with Gasteiger partial charge in [-0.25, -0.2) is 0 Å². The van der Waals surface area contributed by atoms with E-state index in [0.717, 1.165) is 0 Å². The van der Waals surface area contributed by atoms with Crippen LogP contribution in [0.5, 0.6) is 0 Å². The van der Waals surface area contributed by atoms with Crippen LogP contribution in [0.4, 0.5) is 0 Å². The Balaban J connectivity index is 2.90. The van der Waals surface area contributed by atoms with Gasteiger partial charge in [-0.2, -0.15) is 0 Å². The van der Waals surface area contributed by atoms with Gasteiger partial charge in [0, 0.05) is 0 Å². The van der Waals surface area contributed by atoms with Gasteiger partial charge in [-0.05, 0) is 0 Å². The summed E-state index contributed by atoms with van der Waals surface area (Å²) < 4.78 is 6.92. The Hall–Kier alpha value is -0.570. The molecule has 1 fully saturated rings. The number of rotatable bonds is 0. The van der Waals surface area contributed by atoms with Crippen LogP contribution in [0, 0.1) is 24.7 Å². The quantitative estimate of drug-likeness (QED) is 0.428. The van der Waals surface area contributed by atoms with Gasteiger partial charge in [0.05, 0.1) is 0 Å². The number of hydrogen-bond acceptors (Lipinski definition) is 3. The van der Waals surface area contributed by atoms with Crippen LogP contribution in [-0.4, -0.2) is 35.4 Å². The van der Waals surface area contributed by atoms with Gasteiger partial charge >= 0.3 is 72.5 Å². The number of hydrogen-bond donors (Lipinski definition) is 1. The van der Waals surface area contributed by atoms with Gasteiger partial charge in [-0.1, -0.05) is 0 Å². The molecule has 0 aromatic carbocycles. The Morgan fingerprint density at radius 1 is 1.50 bits per heavy atom. The molecular formula is C8H12NO2P. The molecule has 4 heteroatoms.